The molecule has 1 N–H and O–H groups in total. The summed E-state index contributed by atoms with van der Waals surface area (Å²) < 4.78 is 13.0. The number of pyridine rings is 1. The fourth-order valence-corrected chi connectivity index (χ4v) is 1.00. The van der Waals surface area contributed by atoms with E-state index in [-0.39, 0.29) is 18.7 Å². The van der Waals surface area contributed by atoms with Gasteiger partial charge in [-0.3, -0.25) is 4.79 Å². The molecular weight excluding hydrogens is 187 g/mol. The largest absolute Gasteiger partial charge is 0.395 e. The van der Waals surface area contributed by atoms with Crippen molar-refractivity contribution in [1.82, 2.24) is 9.88 Å². The van der Waals surface area contributed by atoms with E-state index in [0.717, 1.165) is 0 Å². The molecule has 1 aromatic heterocycles. The summed E-state index contributed by atoms with van der Waals surface area (Å²) in [5.41, 5.74) is -0.0801. The molecule has 0 spiro atoms. The minimum atomic E-state index is -0.790. The van der Waals surface area contributed by atoms with Gasteiger partial charge >= 0.3 is 0 Å². The van der Waals surface area contributed by atoms with Crippen LogP contribution in [0.1, 0.15) is 10.4 Å². The zero-order chi connectivity index (χ0) is 10.6. The van der Waals surface area contributed by atoms with Gasteiger partial charge in [-0.2, -0.15) is 4.39 Å². The smallest absolute Gasteiger partial charge is 0.258 e. The number of hydrogen-bond donors (Lipinski definition) is 1. The first kappa shape index (κ1) is 10.6. The summed E-state index contributed by atoms with van der Waals surface area (Å²) in [6.07, 6.45) is 1.28. The number of rotatable bonds is 3. The summed E-state index contributed by atoms with van der Waals surface area (Å²) >= 11 is 0. The Hall–Kier alpha value is -1.49. The van der Waals surface area contributed by atoms with Crippen molar-refractivity contribution in [1.29, 1.82) is 0 Å². The minimum Gasteiger partial charge on any atom is -0.395 e. The van der Waals surface area contributed by atoms with Gasteiger partial charge in [-0.05, 0) is 12.1 Å². The topological polar surface area (TPSA) is 53.4 Å². The first-order chi connectivity index (χ1) is 6.66. The Kier molecular flexibility index (Phi) is 3.53. The highest BCUT2D eigenvalue weighted by Gasteiger charge is 2.15. The van der Waals surface area contributed by atoms with Crippen molar-refractivity contribution in [2.24, 2.45) is 0 Å². The Morgan fingerprint density at radius 2 is 2.43 bits per heavy atom. The molecule has 0 aromatic carbocycles. The van der Waals surface area contributed by atoms with Crippen LogP contribution in [-0.4, -0.2) is 41.1 Å². The van der Waals surface area contributed by atoms with Crippen LogP contribution < -0.4 is 0 Å². The minimum absolute atomic E-state index is 0.0801. The number of carbonyl (C=O) groups is 1. The molecule has 0 atom stereocenters. The van der Waals surface area contributed by atoms with Crippen LogP contribution in [0, 0.1) is 5.95 Å². The van der Waals surface area contributed by atoms with Crippen molar-refractivity contribution >= 4 is 5.91 Å². The monoisotopic (exact) mass is 198 g/mol. The molecule has 0 bridgehead atoms. The van der Waals surface area contributed by atoms with E-state index in [4.69, 9.17) is 5.11 Å². The molecule has 0 saturated heterocycles. The van der Waals surface area contributed by atoms with Crippen LogP contribution in [0.5, 0.6) is 0 Å². The number of aromatic nitrogens is 1. The lowest BCUT2D eigenvalue weighted by atomic mass is 10.2. The Balaban J connectivity index is 2.84. The number of halogens is 1. The van der Waals surface area contributed by atoms with E-state index in [1.54, 1.807) is 0 Å². The van der Waals surface area contributed by atoms with Crippen LogP contribution in [0.3, 0.4) is 0 Å². The van der Waals surface area contributed by atoms with Crippen LogP contribution >= 0.6 is 0 Å². The lowest BCUT2D eigenvalue weighted by Crippen LogP contribution is -2.30. The zero-order valence-corrected chi connectivity index (χ0v) is 7.77. The van der Waals surface area contributed by atoms with Gasteiger partial charge in [0.25, 0.3) is 5.91 Å². The van der Waals surface area contributed by atoms with Crippen molar-refractivity contribution in [2.75, 3.05) is 20.2 Å². The van der Waals surface area contributed by atoms with Gasteiger partial charge in [0, 0.05) is 19.8 Å². The molecule has 1 heterocycles. The number of aliphatic hydroxyl groups is 1. The number of amides is 1. The fourth-order valence-electron chi connectivity index (χ4n) is 1.00. The van der Waals surface area contributed by atoms with Crippen LogP contribution in [0.15, 0.2) is 18.3 Å². The van der Waals surface area contributed by atoms with Gasteiger partial charge in [-0.1, -0.05) is 0 Å². The highest BCUT2D eigenvalue weighted by atomic mass is 19.1. The maximum absolute atomic E-state index is 13.0. The van der Waals surface area contributed by atoms with Gasteiger partial charge in [0.05, 0.1) is 12.2 Å². The zero-order valence-electron chi connectivity index (χ0n) is 7.77. The Morgan fingerprint density at radius 1 is 1.71 bits per heavy atom. The van der Waals surface area contributed by atoms with Gasteiger partial charge in [-0.15, -0.1) is 0 Å². The second-order valence-corrected chi connectivity index (χ2v) is 2.79. The van der Waals surface area contributed by atoms with Gasteiger partial charge in [0.1, 0.15) is 0 Å². The van der Waals surface area contributed by atoms with Crippen molar-refractivity contribution in [3.05, 3.63) is 29.8 Å². The van der Waals surface area contributed by atoms with Crippen molar-refractivity contribution in [2.45, 2.75) is 0 Å². The van der Waals surface area contributed by atoms with E-state index in [2.05, 4.69) is 4.98 Å². The third-order valence-electron chi connectivity index (χ3n) is 1.77. The molecule has 76 valence electrons. The predicted molar refractivity (Wildman–Crippen MR) is 48.2 cm³/mol. The third-order valence-corrected chi connectivity index (χ3v) is 1.77. The molecule has 0 unspecified atom stereocenters. The highest BCUT2D eigenvalue weighted by molar-refractivity contribution is 5.93. The quantitative estimate of drug-likeness (QED) is 0.710. The summed E-state index contributed by atoms with van der Waals surface area (Å²) in [6.45, 7) is 0.0251. The standard InChI is InChI=1S/C9H11FN2O2/c1-12(5-6-13)9(14)7-3-2-4-11-8(7)10/h2-4,13H,5-6H2,1H3. The van der Waals surface area contributed by atoms with E-state index >= 15 is 0 Å². The number of nitrogens with zero attached hydrogens (tertiary/aromatic N) is 2. The first-order valence-electron chi connectivity index (χ1n) is 4.13. The van der Waals surface area contributed by atoms with E-state index in [1.165, 1.54) is 30.3 Å². The molecule has 0 aliphatic heterocycles. The Labute approximate surface area is 81.0 Å². The number of likely N-dealkylation sites (N-methyl/N-ethyl adjacent to an activating group) is 1. The molecule has 14 heavy (non-hydrogen) atoms. The molecule has 0 aliphatic carbocycles. The second kappa shape index (κ2) is 4.66. The number of hydrogen-bond acceptors (Lipinski definition) is 3. The summed E-state index contributed by atoms with van der Waals surface area (Å²) in [4.78, 5) is 16.1. The molecule has 1 rings (SSSR count). The maximum Gasteiger partial charge on any atom is 0.258 e. The summed E-state index contributed by atoms with van der Waals surface area (Å²) in [5, 5.41) is 8.60. The van der Waals surface area contributed by atoms with Gasteiger partial charge < -0.3 is 10.0 Å². The van der Waals surface area contributed by atoms with Crippen molar-refractivity contribution in [3.8, 4) is 0 Å². The molecule has 0 fully saturated rings. The number of carbonyl (C=O) groups excluding carboxylic acids is 1. The fraction of sp³-hybridized carbons (Fsp3) is 0.333. The van der Waals surface area contributed by atoms with Gasteiger partial charge in [0.15, 0.2) is 0 Å². The molecule has 5 heteroatoms. The Morgan fingerprint density at radius 3 is 3.00 bits per heavy atom. The van der Waals surface area contributed by atoms with E-state index < -0.39 is 11.9 Å². The van der Waals surface area contributed by atoms with Crippen LogP contribution in [0.2, 0.25) is 0 Å². The molecule has 4 nitrogen and oxygen atoms in total. The molecule has 0 aliphatic rings. The molecule has 1 amide bonds. The predicted octanol–water partition coefficient (Wildman–Crippen LogP) is 0.285. The lowest BCUT2D eigenvalue weighted by molar-refractivity contribution is 0.0761. The van der Waals surface area contributed by atoms with Gasteiger partial charge in [0.2, 0.25) is 5.95 Å². The van der Waals surface area contributed by atoms with E-state index in [1.807, 2.05) is 0 Å². The maximum atomic E-state index is 13.0. The van der Waals surface area contributed by atoms with Crippen molar-refractivity contribution < 1.29 is 14.3 Å². The third kappa shape index (κ3) is 2.26. The van der Waals surface area contributed by atoms with Gasteiger partial charge in [-0.25, -0.2) is 4.98 Å². The molecule has 1 aromatic rings. The summed E-state index contributed by atoms with van der Waals surface area (Å²) in [5.74, 6) is -1.27. The SMILES string of the molecule is CN(CCO)C(=O)c1cccnc1F. The average Bonchev–Trinajstić information content (AvgIpc) is 2.18. The van der Waals surface area contributed by atoms with Crippen LogP contribution in [0.4, 0.5) is 4.39 Å². The molecule has 0 radical (unpaired) electrons. The van der Waals surface area contributed by atoms with Crippen LogP contribution in [0.25, 0.3) is 0 Å². The molecule has 0 saturated carbocycles. The Bertz CT molecular complexity index is 330. The van der Waals surface area contributed by atoms with Crippen molar-refractivity contribution in [3.63, 3.8) is 0 Å². The second-order valence-electron chi connectivity index (χ2n) is 2.79. The number of aliphatic hydroxyl groups excluding tert-OH is 1. The first-order valence-corrected chi connectivity index (χ1v) is 4.13. The highest BCUT2D eigenvalue weighted by Crippen LogP contribution is 2.05. The van der Waals surface area contributed by atoms with E-state index in [9.17, 15) is 9.18 Å². The lowest BCUT2D eigenvalue weighted by Gasteiger charge is -2.15. The summed E-state index contributed by atoms with van der Waals surface area (Å²) in [7, 11) is 1.49. The van der Waals surface area contributed by atoms with Crippen LogP contribution in [-0.2, 0) is 0 Å². The molecular formula is C9H11FN2O2. The van der Waals surface area contributed by atoms with E-state index in [0.29, 0.717) is 0 Å². The summed E-state index contributed by atoms with van der Waals surface area (Å²) in [6, 6.07) is 2.85. The average molecular weight is 198 g/mol. The normalized spacial score (nSPS) is 9.93.